The molecule has 0 spiro atoms. The second-order valence-electron chi connectivity index (χ2n) is 11.2. The van der Waals surface area contributed by atoms with Gasteiger partial charge >= 0.3 is 6.18 Å². The van der Waals surface area contributed by atoms with Gasteiger partial charge in [0, 0.05) is 24.7 Å². The maximum Gasteiger partial charge on any atom is 0.395 e. The van der Waals surface area contributed by atoms with Crippen molar-refractivity contribution < 1.29 is 32.2 Å². The molecule has 0 bridgehead atoms. The van der Waals surface area contributed by atoms with Crippen LogP contribution in [0.25, 0.3) is 11.3 Å². The number of nitrogens with zero attached hydrogens (tertiary/aromatic N) is 3. The number of aliphatic hydroxyl groups excluding tert-OH is 1. The van der Waals surface area contributed by atoms with Crippen LogP contribution in [-0.2, 0) is 0 Å². The van der Waals surface area contributed by atoms with E-state index in [4.69, 9.17) is 4.74 Å². The summed E-state index contributed by atoms with van der Waals surface area (Å²) in [6.07, 6.45) is -1.26. The number of pyridine rings is 1. The number of hydrogen-bond donors (Lipinski definition) is 1. The van der Waals surface area contributed by atoms with Crippen molar-refractivity contribution in [3.8, 4) is 17.0 Å². The summed E-state index contributed by atoms with van der Waals surface area (Å²) in [7, 11) is 0. The van der Waals surface area contributed by atoms with Crippen LogP contribution in [0.5, 0.6) is 5.75 Å². The smallest absolute Gasteiger partial charge is 0.395 e. The molecular formula is C28H35F4N3O3. The van der Waals surface area contributed by atoms with E-state index in [1.165, 1.54) is 30.9 Å². The third kappa shape index (κ3) is 6.46. The Morgan fingerprint density at radius 1 is 1.16 bits per heavy atom. The molecule has 2 saturated heterocycles. The number of β-amino-alcohol motifs (C(OH)–C–C–N with tert-alkyl or cyclic N) is 1. The summed E-state index contributed by atoms with van der Waals surface area (Å²) in [4.78, 5) is 20.5. The lowest BCUT2D eigenvalue weighted by molar-refractivity contribution is -0.217. The number of carbonyl (C=O) groups excluding carboxylic acids is 1. The number of halogens is 4. The van der Waals surface area contributed by atoms with Gasteiger partial charge in [-0.1, -0.05) is 6.07 Å². The van der Waals surface area contributed by atoms with Crippen molar-refractivity contribution >= 4 is 5.91 Å². The SMILES string of the molecule is C[C@H]1C[C@@H](O)CN1C(=O)c1ccc(-c2ccc(OCC3CCN(CC(C)(C)C(F)(F)F)CC3)cn2)cc1F. The summed E-state index contributed by atoms with van der Waals surface area (Å²) in [6, 6.07) is 7.67. The Labute approximate surface area is 220 Å². The van der Waals surface area contributed by atoms with E-state index < -0.39 is 29.4 Å². The Kier molecular flexibility index (Phi) is 8.32. The second-order valence-corrected chi connectivity index (χ2v) is 11.2. The number of aromatic nitrogens is 1. The standard InChI is InChI=1S/C28H35F4N3O3/c1-18-12-21(36)15-35(18)26(37)23-6-4-20(13-24(23)29)25-7-5-22(14-33-25)38-16-19-8-10-34(11-9-19)17-27(2,3)28(30,31)32/h4-7,13-14,18-19,21,36H,8-12,15-17H2,1-3H3/t18-,21+/m0/s1. The maximum atomic E-state index is 14.8. The van der Waals surface area contributed by atoms with Gasteiger partial charge in [0.15, 0.2) is 0 Å². The summed E-state index contributed by atoms with van der Waals surface area (Å²) < 4.78 is 60.2. The first-order chi connectivity index (χ1) is 17.8. The molecule has 1 aromatic heterocycles. The molecule has 38 heavy (non-hydrogen) atoms. The summed E-state index contributed by atoms with van der Waals surface area (Å²) in [5.74, 6) is -0.278. The van der Waals surface area contributed by atoms with Crippen molar-refractivity contribution in [3.05, 3.63) is 47.9 Å². The summed E-state index contributed by atoms with van der Waals surface area (Å²) in [5.41, 5.74) is -0.726. The van der Waals surface area contributed by atoms with Crippen LogP contribution in [0.4, 0.5) is 17.6 Å². The largest absolute Gasteiger partial charge is 0.492 e. The molecule has 2 aliphatic heterocycles. The highest BCUT2D eigenvalue weighted by Crippen LogP contribution is 2.38. The first kappa shape index (κ1) is 28.3. The number of likely N-dealkylation sites (tertiary alicyclic amines) is 2. The molecule has 0 aliphatic carbocycles. The third-order valence-electron chi connectivity index (χ3n) is 7.62. The van der Waals surface area contributed by atoms with Gasteiger partial charge in [-0.15, -0.1) is 0 Å². The summed E-state index contributed by atoms with van der Waals surface area (Å²) in [6.45, 7) is 6.15. The molecule has 208 valence electrons. The van der Waals surface area contributed by atoms with E-state index in [1.807, 2.05) is 11.8 Å². The van der Waals surface area contributed by atoms with E-state index in [0.29, 0.717) is 43.1 Å². The summed E-state index contributed by atoms with van der Waals surface area (Å²) in [5, 5.41) is 9.79. The predicted molar refractivity (Wildman–Crippen MR) is 135 cm³/mol. The molecule has 10 heteroatoms. The fourth-order valence-electron chi connectivity index (χ4n) is 5.10. The zero-order valence-electron chi connectivity index (χ0n) is 22.0. The highest BCUT2D eigenvalue weighted by Gasteiger charge is 2.48. The van der Waals surface area contributed by atoms with Crippen molar-refractivity contribution in [3.63, 3.8) is 0 Å². The normalized spacial score (nSPS) is 21.6. The van der Waals surface area contributed by atoms with E-state index in [-0.39, 0.29) is 30.6 Å². The van der Waals surface area contributed by atoms with Crippen LogP contribution >= 0.6 is 0 Å². The highest BCUT2D eigenvalue weighted by molar-refractivity contribution is 5.95. The van der Waals surface area contributed by atoms with E-state index in [1.54, 1.807) is 24.4 Å². The van der Waals surface area contributed by atoms with Gasteiger partial charge in [0.2, 0.25) is 0 Å². The zero-order chi connectivity index (χ0) is 27.7. The van der Waals surface area contributed by atoms with E-state index in [2.05, 4.69) is 4.98 Å². The predicted octanol–water partition coefficient (Wildman–Crippen LogP) is 5.16. The Morgan fingerprint density at radius 3 is 2.42 bits per heavy atom. The van der Waals surface area contributed by atoms with Gasteiger partial charge in [-0.2, -0.15) is 13.2 Å². The van der Waals surface area contributed by atoms with Gasteiger partial charge in [-0.05, 0) is 83.3 Å². The van der Waals surface area contributed by atoms with Crippen molar-refractivity contribution in [1.82, 2.24) is 14.8 Å². The quantitative estimate of drug-likeness (QED) is 0.495. The Hall–Kier alpha value is -2.72. The van der Waals surface area contributed by atoms with Crippen molar-refractivity contribution in [1.29, 1.82) is 0 Å². The molecule has 1 aromatic carbocycles. The van der Waals surface area contributed by atoms with Crippen LogP contribution in [0, 0.1) is 17.2 Å². The highest BCUT2D eigenvalue weighted by atomic mass is 19.4. The van der Waals surface area contributed by atoms with Crippen molar-refractivity contribution in [2.45, 2.75) is 58.4 Å². The number of ether oxygens (including phenoxy) is 1. The number of benzene rings is 1. The molecule has 1 N–H and O–H groups in total. The Morgan fingerprint density at radius 2 is 1.87 bits per heavy atom. The minimum Gasteiger partial charge on any atom is -0.492 e. The van der Waals surface area contributed by atoms with Crippen LogP contribution < -0.4 is 4.74 Å². The monoisotopic (exact) mass is 537 g/mol. The Bertz CT molecular complexity index is 1120. The zero-order valence-corrected chi connectivity index (χ0v) is 22.0. The van der Waals surface area contributed by atoms with Crippen LogP contribution in [0.3, 0.4) is 0 Å². The van der Waals surface area contributed by atoms with Gasteiger partial charge in [-0.25, -0.2) is 4.39 Å². The lowest BCUT2D eigenvalue weighted by atomic mass is 9.89. The molecular weight excluding hydrogens is 502 g/mol. The molecule has 3 heterocycles. The number of aliphatic hydroxyl groups is 1. The fourth-order valence-corrected chi connectivity index (χ4v) is 5.10. The molecule has 0 unspecified atom stereocenters. The number of alkyl halides is 3. The Balaban J connectivity index is 1.28. The average Bonchev–Trinajstić information content (AvgIpc) is 3.20. The minimum atomic E-state index is -4.23. The molecule has 4 rings (SSSR count). The molecule has 6 nitrogen and oxygen atoms in total. The van der Waals surface area contributed by atoms with E-state index in [0.717, 1.165) is 12.8 Å². The van der Waals surface area contributed by atoms with Crippen molar-refractivity contribution in [2.75, 3.05) is 32.8 Å². The van der Waals surface area contributed by atoms with Crippen LogP contribution in [0.2, 0.25) is 0 Å². The molecule has 2 fully saturated rings. The topological polar surface area (TPSA) is 65.9 Å². The first-order valence-electron chi connectivity index (χ1n) is 13.0. The first-order valence-corrected chi connectivity index (χ1v) is 13.0. The van der Waals surface area contributed by atoms with Gasteiger partial charge in [-0.3, -0.25) is 9.78 Å². The van der Waals surface area contributed by atoms with Gasteiger partial charge in [0.25, 0.3) is 5.91 Å². The number of amides is 1. The maximum absolute atomic E-state index is 14.8. The lowest BCUT2D eigenvalue weighted by Gasteiger charge is -2.38. The fraction of sp³-hybridized carbons (Fsp3) is 0.571. The summed E-state index contributed by atoms with van der Waals surface area (Å²) >= 11 is 0. The van der Waals surface area contributed by atoms with Crippen LogP contribution in [0.1, 0.15) is 50.4 Å². The second kappa shape index (κ2) is 11.2. The number of hydrogen-bond acceptors (Lipinski definition) is 5. The average molecular weight is 538 g/mol. The third-order valence-corrected chi connectivity index (χ3v) is 7.62. The molecule has 2 aromatic rings. The van der Waals surface area contributed by atoms with E-state index >= 15 is 0 Å². The number of rotatable bonds is 7. The lowest BCUT2D eigenvalue weighted by Crippen LogP contribution is -2.46. The molecule has 0 saturated carbocycles. The van der Waals surface area contributed by atoms with Crippen LogP contribution in [0.15, 0.2) is 36.5 Å². The minimum absolute atomic E-state index is 0.00824. The van der Waals surface area contributed by atoms with E-state index in [9.17, 15) is 27.5 Å². The molecule has 0 radical (unpaired) electrons. The van der Waals surface area contributed by atoms with Gasteiger partial charge in [0.1, 0.15) is 11.6 Å². The van der Waals surface area contributed by atoms with Crippen LogP contribution in [-0.4, -0.2) is 76.9 Å². The number of piperidine rings is 1. The van der Waals surface area contributed by atoms with Gasteiger partial charge < -0.3 is 19.6 Å². The van der Waals surface area contributed by atoms with Crippen molar-refractivity contribution in [2.24, 2.45) is 11.3 Å². The molecule has 2 aliphatic rings. The van der Waals surface area contributed by atoms with Gasteiger partial charge in [0.05, 0.1) is 35.6 Å². The molecule has 1 amide bonds. The molecule has 2 atom stereocenters. The number of carbonyl (C=O) groups is 1.